The van der Waals surface area contributed by atoms with Gasteiger partial charge in [-0.25, -0.2) is 0 Å². The average molecular weight is 269 g/mol. The third-order valence-corrected chi connectivity index (χ3v) is 2.72. The molecule has 0 aromatic carbocycles. The van der Waals surface area contributed by atoms with E-state index in [4.69, 9.17) is 14.5 Å². The Kier molecular flexibility index (Phi) is 5.68. The highest BCUT2D eigenvalue weighted by Crippen LogP contribution is 2.28. The molecule has 1 heterocycles. The van der Waals surface area contributed by atoms with Gasteiger partial charge in [-0.3, -0.25) is 4.79 Å². The van der Waals surface area contributed by atoms with Crippen molar-refractivity contribution in [3.8, 4) is 0 Å². The van der Waals surface area contributed by atoms with Crippen LogP contribution in [0.15, 0.2) is 0 Å². The third-order valence-electron chi connectivity index (χ3n) is 2.34. The summed E-state index contributed by atoms with van der Waals surface area (Å²) in [6, 6.07) is 0. The minimum Gasteiger partial charge on any atom is -0.387 e. The molecule has 0 saturated carbocycles. The molecule has 9 heteroatoms. The summed E-state index contributed by atoms with van der Waals surface area (Å²) in [6.45, 7) is 1.36. The molecule has 1 fully saturated rings. The van der Waals surface area contributed by atoms with Crippen LogP contribution < -0.4 is 5.32 Å². The molecule has 1 amide bonds. The van der Waals surface area contributed by atoms with E-state index >= 15 is 0 Å². The van der Waals surface area contributed by atoms with Crippen LogP contribution in [0.4, 0.5) is 0 Å². The fraction of sp³-hybridized carbons (Fsp3) is 0.875. The number of nitrogens with one attached hydrogen (secondary N) is 1. The van der Waals surface area contributed by atoms with Crippen LogP contribution in [0.3, 0.4) is 0 Å². The molecule has 1 aliphatic heterocycles. The first-order chi connectivity index (χ1) is 7.95. The Morgan fingerprint density at radius 2 is 2.06 bits per heavy atom. The monoisotopic (exact) mass is 269 g/mol. The lowest BCUT2D eigenvalue weighted by atomic mass is 10.1. The maximum absolute atomic E-state index is 11.1. The third kappa shape index (κ3) is 4.11. The summed E-state index contributed by atoms with van der Waals surface area (Å²) >= 11 is 0. The maximum atomic E-state index is 11.1. The van der Waals surface area contributed by atoms with E-state index in [2.05, 4.69) is 9.84 Å². The van der Waals surface area contributed by atoms with Crippen molar-refractivity contribution in [3.05, 3.63) is 0 Å². The van der Waals surface area contributed by atoms with E-state index in [9.17, 15) is 15.0 Å². The predicted octanol–water partition coefficient (Wildman–Crippen LogP) is -1.81. The van der Waals surface area contributed by atoms with Crippen molar-refractivity contribution >= 4 is 14.5 Å². The fourth-order valence-electron chi connectivity index (χ4n) is 1.41. The van der Waals surface area contributed by atoms with Crippen LogP contribution in [0.5, 0.6) is 0 Å². The van der Waals surface area contributed by atoms with E-state index in [1.807, 2.05) is 0 Å². The largest absolute Gasteiger partial charge is 0.387 e. The second kappa shape index (κ2) is 6.55. The average Bonchev–Trinajstić information content (AvgIpc) is 2.54. The van der Waals surface area contributed by atoms with Crippen LogP contribution in [0.1, 0.15) is 13.3 Å². The molecule has 1 rings (SSSR count). The van der Waals surface area contributed by atoms with Gasteiger partial charge in [-0.2, -0.15) is 0 Å². The van der Waals surface area contributed by atoms with Gasteiger partial charge in [-0.05, 0) is 0 Å². The first-order valence-corrected chi connectivity index (χ1v) is 6.24. The van der Waals surface area contributed by atoms with E-state index in [-0.39, 0.29) is 18.9 Å². The molecule has 0 aliphatic carbocycles. The molecular weight excluding hydrogens is 253 g/mol. The van der Waals surface area contributed by atoms with Gasteiger partial charge in [0.15, 0.2) is 6.23 Å². The van der Waals surface area contributed by atoms with Gasteiger partial charge in [0.1, 0.15) is 18.3 Å². The zero-order valence-electron chi connectivity index (χ0n) is 9.18. The highest BCUT2D eigenvalue weighted by molar-refractivity contribution is 7.39. The molecule has 100 valence electrons. The maximum Gasteiger partial charge on any atom is 0.327 e. The van der Waals surface area contributed by atoms with Crippen molar-refractivity contribution in [1.82, 2.24) is 5.32 Å². The normalized spacial score (nSPS) is 33.1. The number of hydrogen-bond acceptors (Lipinski definition) is 7. The van der Waals surface area contributed by atoms with Gasteiger partial charge in [0, 0.05) is 6.42 Å². The number of carbonyl (C=O) groups excluding carboxylic acids is 1. The summed E-state index contributed by atoms with van der Waals surface area (Å²) in [5, 5.41) is 21.5. The Balaban J connectivity index is 2.47. The fourth-order valence-corrected chi connectivity index (χ4v) is 1.69. The molecule has 0 aromatic heterocycles. The van der Waals surface area contributed by atoms with Crippen molar-refractivity contribution in [3.63, 3.8) is 0 Å². The molecule has 17 heavy (non-hydrogen) atoms. The number of hydrogen-bond donors (Lipinski definition) is 5. The lowest BCUT2D eigenvalue weighted by Gasteiger charge is -2.15. The van der Waals surface area contributed by atoms with Crippen molar-refractivity contribution in [2.45, 2.75) is 37.9 Å². The Morgan fingerprint density at radius 1 is 1.41 bits per heavy atom. The number of aliphatic hydroxyl groups is 2. The quantitative estimate of drug-likeness (QED) is 0.372. The van der Waals surface area contributed by atoms with Crippen LogP contribution in [-0.4, -0.2) is 57.1 Å². The van der Waals surface area contributed by atoms with E-state index in [0.29, 0.717) is 0 Å². The minimum absolute atomic E-state index is 0.225. The summed E-state index contributed by atoms with van der Waals surface area (Å²) in [5.74, 6) is -0.325. The topological polar surface area (TPSA) is 128 Å². The second-order valence-corrected chi connectivity index (χ2v) is 4.31. The predicted molar refractivity (Wildman–Crippen MR) is 56.4 cm³/mol. The van der Waals surface area contributed by atoms with E-state index in [1.54, 1.807) is 6.92 Å². The lowest BCUT2D eigenvalue weighted by molar-refractivity contribution is -0.127. The summed E-state index contributed by atoms with van der Waals surface area (Å²) in [6.07, 6.45) is -4.25. The molecule has 4 atom stereocenters. The van der Waals surface area contributed by atoms with Crippen LogP contribution in [0.2, 0.25) is 0 Å². The van der Waals surface area contributed by atoms with Gasteiger partial charge in [-0.1, -0.05) is 6.92 Å². The standard InChI is InChI=1S/C8H16NO7P/c1-2-5(10)9-8-7(12)6(11)4(16-8)3-15-17(13)14/h4,6-8,11-14H,2-3H2,1H3,(H,9,10). The zero-order valence-corrected chi connectivity index (χ0v) is 10.1. The van der Waals surface area contributed by atoms with Crippen molar-refractivity contribution in [2.24, 2.45) is 0 Å². The van der Waals surface area contributed by atoms with Gasteiger partial charge in [-0.15, -0.1) is 0 Å². The van der Waals surface area contributed by atoms with Gasteiger partial charge in [0.05, 0.1) is 6.61 Å². The van der Waals surface area contributed by atoms with Crippen LogP contribution in [0, 0.1) is 0 Å². The first-order valence-electron chi connectivity index (χ1n) is 5.07. The van der Waals surface area contributed by atoms with Gasteiger partial charge in [0.2, 0.25) is 5.91 Å². The van der Waals surface area contributed by atoms with Crippen LogP contribution >= 0.6 is 8.60 Å². The first kappa shape index (κ1) is 14.7. The molecule has 5 N–H and O–H groups in total. The van der Waals surface area contributed by atoms with Gasteiger partial charge in [0.25, 0.3) is 0 Å². The van der Waals surface area contributed by atoms with Crippen molar-refractivity contribution < 1.29 is 34.1 Å². The second-order valence-electron chi connectivity index (χ2n) is 3.55. The SMILES string of the molecule is CCC(=O)NC1OC(COP(O)O)C(O)C1O. The van der Waals surface area contributed by atoms with Crippen LogP contribution in [0.25, 0.3) is 0 Å². The Labute approximate surface area is 99.2 Å². The molecule has 0 radical (unpaired) electrons. The number of rotatable bonds is 5. The molecule has 8 nitrogen and oxygen atoms in total. The molecule has 1 saturated heterocycles. The Morgan fingerprint density at radius 3 is 2.59 bits per heavy atom. The minimum atomic E-state index is -2.54. The van der Waals surface area contributed by atoms with Gasteiger partial charge >= 0.3 is 8.60 Å². The van der Waals surface area contributed by atoms with Crippen LogP contribution in [-0.2, 0) is 14.1 Å². The highest BCUT2D eigenvalue weighted by Gasteiger charge is 2.43. The summed E-state index contributed by atoms with van der Waals surface area (Å²) in [4.78, 5) is 28.2. The number of amides is 1. The number of aliphatic hydroxyl groups excluding tert-OH is 2. The molecule has 0 aromatic rings. The lowest BCUT2D eigenvalue weighted by Crippen LogP contribution is -2.43. The van der Waals surface area contributed by atoms with Crippen molar-refractivity contribution in [2.75, 3.05) is 6.61 Å². The molecule has 1 aliphatic rings. The summed E-state index contributed by atoms with van der Waals surface area (Å²) in [5.41, 5.74) is 0. The van der Waals surface area contributed by atoms with E-state index in [0.717, 1.165) is 0 Å². The Bertz CT molecular complexity index is 264. The highest BCUT2D eigenvalue weighted by atomic mass is 31.2. The van der Waals surface area contributed by atoms with E-state index in [1.165, 1.54) is 0 Å². The number of carbonyl (C=O) groups is 1. The number of ether oxygens (including phenoxy) is 1. The van der Waals surface area contributed by atoms with Gasteiger partial charge < -0.3 is 34.6 Å². The summed E-state index contributed by atoms with van der Waals surface area (Å²) in [7, 11) is -2.54. The molecule has 4 unspecified atom stereocenters. The smallest absolute Gasteiger partial charge is 0.327 e. The Hall–Kier alpha value is -0.340. The zero-order chi connectivity index (χ0) is 13.0. The molecule has 0 spiro atoms. The summed E-state index contributed by atoms with van der Waals surface area (Å²) < 4.78 is 9.63. The van der Waals surface area contributed by atoms with Crippen molar-refractivity contribution in [1.29, 1.82) is 0 Å². The van der Waals surface area contributed by atoms with E-state index < -0.39 is 33.1 Å². The molecule has 0 bridgehead atoms. The molecular formula is C8H16NO7P.